The van der Waals surface area contributed by atoms with E-state index in [1.165, 1.54) is 0 Å². The van der Waals surface area contributed by atoms with E-state index < -0.39 is 0 Å². The molecule has 2 aromatic rings. The van der Waals surface area contributed by atoms with E-state index in [-0.39, 0.29) is 23.7 Å². The zero-order valence-corrected chi connectivity index (χ0v) is 21.1. The predicted molar refractivity (Wildman–Crippen MR) is 138 cm³/mol. The van der Waals surface area contributed by atoms with E-state index in [2.05, 4.69) is 27.3 Å². The smallest absolute Gasteiger partial charge is 0.407 e. The lowest BCUT2D eigenvalue weighted by Crippen LogP contribution is -2.45. The van der Waals surface area contributed by atoms with Gasteiger partial charge >= 0.3 is 6.09 Å². The number of piperidine rings is 1. The fraction of sp³-hybridized carbons (Fsp3) is 0.552. The molecule has 3 aliphatic rings. The highest BCUT2D eigenvalue weighted by atomic mass is 16.6. The van der Waals surface area contributed by atoms with Gasteiger partial charge in [-0.05, 0) is 81.6 Å². The number of amides is 2. The summed E-state index contributed by atoms with van der Waals surface area (Å²) in [5, 5.41) is 3.13. The minimum atomic E-state index is -0.307. The first kappa shape index (κ1) is 24.8. The predicted octanol–water partition coefficient (Wildman–Crippen LogP) is 4.70. The van der Waals surface area contributed by atoms with Crippen molar-refractivity contribution in [1.29, 1.82) is 0 Å². The normalized spacial score (nSPS) is 21.1. The molecule has 192 valence electrons. The van der Waals surface area contributed by atoms with Gasteiger partial charge in [-0.15, -0.1) is 0 Å². The third kappa shape index (κ3) is 5.89. The third-order valence-electron chi connectivity index (χ3n) is 8.31. The maximum absolute atomic E-state index is 13.3. The Labute approximate surface area is 214 Å². The molecule has 36 heavy (non-hydrogen) atoms. The molecule has 2 aliphatic heterocycles. The summed E-state index contributed by atoms with van der Waals surface area (Å²) in [5.41, 5.74) is 1.98. The van der Waals surface area contributed by atoms with Crippen molar-refractivity contribution in [1.82, 2.24) is 20.1 Å². The Bertz CT molecular complexity index is 1000. The Balaban J connectivity index is 1.13. The molecule has 3 heterocycles. The van der Waals surface area contributed by atoms with Crippen LogP contribution in [0.4, 0.5) is 4.79 Å². The van der Waals surface area contributed by atoms with Crippen LogP contribution in [0.1, 0.15) is 68.5 Å². The van der Waals surface area contributed by atoms with Crippen LogP contribution in [0.2, 0.25) is 0 Å². The number of carbonyl (C=O) groups excluding carboxylic acids is 2. The van der Waals surface area contributed by atoms with E-state index in [9.17, 15) is 9.59 Å². The molecule has 2 saturated heterocycles. The Kier molecular flexibility index (Phi) is 7.85. The van der Waals surface area contributed by atoms with E-state index in [0.29, 0.717) is 12.5 Å². The summed E-state index contributed by atoms with van der Waals surface area (Å²) in [6.45, 7) is 4.20. The van der Waals surface area contributed by atoms with Crippen molar-refractivity contribution in [2.45, 2.75) is 70.1 Å². The van der Waals surface area contributed by atoms with Gasteiger partial charge < -0.3 is 19.9 Å². The molecule has 0 radical (unpaired) electrons. The third-order valence-corrected chi connectivity index (χ3v) is 8.31. The second-order valence-corrected chi connectivity index (χ2v) is 10.7. The number of hydrogen-bond donors (Lipinski definition) is 1. The summed E-state index contributed by atoms with van der Waals surface area (Å²) < 4.78 is 5.67. The van der Waals surface area contributed by atoms with Crippen LogP contribution in [-0.4, -0.2) is 59.1 Å². The van der Waals surface area contributed by atoms with Gasteiger partial charge in [0, 0.05) is 32.0 Å². The largest absolute Gasteiger partial charge is 0.446 e. The van der Waals surface area contributed by atoms with E-state index in [4.69, 9.17) is 4.74 Å². The Morgan fingerprint density at radius 3 is 2.53 bits per heavy atom. The molecule has 1 aromatic carbocycles. The van der Waals surface area contributed by atoms with Gasteiger partial charge in [-0.2, -0.15) is 0 Å². The maximum Gasteiger partial charge on any atom is 0.407 e. The van der Waals surface area contributed by atoms with Crippen molar-refractivity contribution in [3.8, 4) is 0 Å². The maximum atomic E-state index is 13.3. The molecule has 1 spiro atoms. The van der Waals surface area contributed by atoms with Gasteiger partial charge in [0.15, 0.2) is 0 Å². The van der Waals surface area contributed by atoms with Gasteiger partial charge in [0.05, 0.1) is 11.5 Å². The quantitative estimate of drug-likeness (QED) is 0.581. The van der Waals surface area contributed by atoms with Crippen LogP contribution in [0.15, 0.2) is 54.9 Å². The van der Waals surface area contributed by atoms with Crippen molar-refractivity contribution in [3.05, 3.63) is 66.0 Å². The summed E-state index contributed by atoms with van der Waals surface area (Å²) in [5.74, 6) is 0.310. The van der Waals surface area contributed by atoms with E-state index >= 15 is 0 Å². The number of rotatable bonds is 8. The van der Waals surface area contributed by atoms with Gasteiger partial charge in [-0.1, -0.05) is 36.4 Å². The topological polar surface area (TPSA) is 74.8 Å². The van der Waals surface area contributed by atoms with Crippen molar-refractivity contribution in [3.63, 3.8) is 0 Å². The lowest BCUT2D eigenvalue weighted by Gasteiger charge is -2.38. The molecule has 1 unspecified atom stereocenters. The van der Waals surface area contributed by atoms with Crippen molar-refractivity contribution < 1.29 is 14.3 Å². The van der Waals surface area contributed by atoms with Crippen LogP contribution < -0.4 is 5.32 Å². The van der Waals surface area contributed by atoms with Gasteiger partial charge in [0.25, 0.3) is 0 Å². The molecule has 1 atom stereocenters. The molecular formula is C29H38N4O3. The van der Waals surface area contributed by atoms with E-state index in [1.54, 1.807) is 6.20 Å². The zero-order chi connectivity index (χ0) is 24.8. The van der Waals surface area contributed by atoms with Crippen molar-refractivity contribution in [2.75, 3.05) is 26.2 Å². The Morgan fingerprint density at radius 1 is 1.06 bits per heavy atom. The molecule has 1 aliphatic carbocycles. The molecule has 5 rings (SSSR count). The molecule has 7 heteroatoms. The summed E-state index contributed by atoms with van der Waals surface area (Å²) in [6, 6.07) is 14.0. The van der Waals surface area contributed by atoms with Crippen molar-refractivity contribution in [2.24, 2.45) is 5.41 Å². The van der Waals surface area contributed by atoms with Gasteiger partial charge in [0.1, 0.15) is 6.10 Å². The first-order chi connectivity index (χ1) is 17.6. The molecule has 7 nitrogen and oxygen atoms in total. The number of carbonyl (C=O) groups is 2. The average Bonchev–Trinajstić information content (AvgIpc) is 3.53. The molecule has 1 N–H and O–H groups in total. The monoisotopic (exact) mass is 490 g/mol. The summed E-state index contributed by atoms with van der Waals surface area (Å²) in [4.78, 5) is 34.6. The minimum absolute atomic E-state index is 0.0568. The average molecular weight is 491 g/mol. The van der Waals surface area contributed by atoms with Gasteiger partial charge in [0.2, 0.25) is 5.91 Å². The minimum Gasteiger partial charge on any atom is -0.446 e. The van der Waals surface area contributed by atoms with Crippen LogP contribution in [0.5, 0.6) is 0 Å². The lowest BCUT2D eigenvalue weighted by atomic mass is 9.77. The van der Waals surface area contributed by atoms with E-state index in [0.717, 1.165) is 88.7 Å². The Morgan fingerprint density at radius 2 is 1.81 bits per heavy atom. The summed E-state index contributed by atoms with van der Waals surface area (Å²) in [7, 11) is 0. The highest BCUT2D eigenvalue weighted by molar-refractivity contribution is 5.85. The molecule has 1 saturated carbocycles. The SMILES string of the molecule is O=C(NC(CCN1CCC2(CC1)CCN(Cc1cccnc1)C2=O)c1ccccc1)OC1CCCC1. The second-order valence-electron chi connectivity index (χ2n) is 10.7. The molecule has 1 aromatic heterocycles. The van der Waals surface area contributed by atoms with Crippen LogP contribution >= 0.6 is 0 Å². The Hall–Kier alpha value is -2.93. The van der Waals surface area contributed by atoms with Gasteiger partial charge in [-0.3, -0.25) is 9.78 Å². The fourth-order valence-electron chi connectivity index (χ4n) is 6.08. The number of benzene rings is 1. The number of nitrogens with zero attached hydrogens (tertiary/aromatic N) is 3. The van der Waals surface area contributed by atoms with Crippen LogP contribution in [0.25, 0.3) is 0 Å². The molecule has 0 bridgehead atoms. The number of pyridine rings is 1. The second kappa shape index (κ2) is 11.4. The number of likely N-dealkylation sites (tertiary alicyclic amines) is 2. The fourth-order valence-corrected chi connectivity index (χ4v) is 6.08. The number of nitrogens with one attached hydrogen (secondary N) is 1. The number of aromatic nitrogens is 1. The molecular weight excluding hydrogens is 452 g/mol. The highest BCUT2D eigenvalue weighted by Gasteiger charge is 2.47. The number of ether oxygens (including phenoxy) is 1. The summed E-state index contributed by atoms with van der Waals surface area (Å²) >= 11 is 0. The number of hydrogen-bond acceptors (Lipinski definition) is 5. The molecule has 3 fully saturated rings. The standard InChI is InChI=1S/C29H38N4O3/c34-27-29(15-20-33(27)22-23-7-6-16-30-21-23)13-18-32(19-14-29)17-12-26(24-8-2-1-3-9-24)31-28(35)36-25-10-4-5-11-25/h1-3,6-9,16,21,25-26H,4-5,10-15,17-20,22H2,(H,31,35). The number of alkyl carbamates (subject to hydrolysis) is 1. The summed E-state index contributed by atoms with van der Waals surface area (Å²) in [6.07, 6.45) is 11.2. The van der Waals surface area contributed by atoms with Crippen molar-refractivity contribution >= 4 is 12.0 Å². The molecule has 2 amide bonds. The van der Waals surface area contributed by atoms with Gasteiger partial charge in [-0.25, -0.2) is 4.79 Å². The van der Waals surface area contributed by atoms with Crippen LogP contribution in [-0.2, 0) is 16.1 Å². The van der Waals surface area contributed by atoms with E-state index in [1.807, 2.05) is 41.4 Å². The highest BCUT2D eigenvalue weighted by Crippen LogP contribution is 2.42. The first-order valence-corrected chi connectivity index (χ1v) is 13.5. The zero-order valence-electron chi connectivity index (χ0n) is 21.1. The lowest BCUT2D eigenvalue weighted by molar-refractivity contribution is -0.138. The van der Waals surface area contributed by atoms with Crippen LogP contribution in [0.3, 0.4) is 0 Å². The first-order valence-electron chi connectivity index (χ1n) is 13.5. The van der Waals surface area contributed by atoms with Crippen LogP contribution in [0, 0.1) is 5.41 Å².